The predicted octanol–water partition coefficient (Wildman–Crippen LogP) is 0.567. The second-order valence-corrected chi connectivity index (χ2v) is 3.67. The zero-order valence-corrected chi connectivity index (χ0v) is 9.08. The molecule has 5 nitrogen and oxygen atoms in total. The molecule has 5 heteroatoms. The minimum absolute atomic E-state index is 0.438. The first-order valence-electron chi connectivity index (χ1n) is 5.14. The monoisotopic (exact) mass is 208 g/mol. The fourth-order valence-electron chi connectivity index (χ4n) is 1.78. The third-order valence-electron chi connectivity index (χ3n) is 2.59. The summed E-state index contributed by atoms with van der Waals surface area (Å²) in [5.41, 5.74) is 0.862. The quantitative estimate of drug-likeness (QED) is 0.760. The van der Waals surface area contributed by atoms with E-state index in [1.165, 1.54) is 0 Å². The van der Waals surface area contributed by atoms with Gasteiger partial charge in [0.05, 0.1) is 12.8 Å². The van der Waals surface area contributed by atoms with Crippen molar-refractivity contribution >= 4 is 5.82 Å². The molecule has 1 unspecified atom stereocenters. The van der Waals surface area contributed by atoms with Gasteiger partial charge in [-0.15, -0.1) is 0 Å². The van der Waals surface area contributed by atoms with E-state index < -0.39 is 0 Å². The van der Waals surface area contributed by atoms with Gasteiger partial charge in [0.25, 0.3) is 0 Å². The molecule has 1 aromatic rings. The second-order valence-electron chi connectivity index (χ2n) is 3.67. The van der Waals surface area contributed by atoms with E-state index in [0.717, 1.165) is 36.8 Å². The molecular weight excluding hydrogens is 192 g/mol. The maximum Gasteiger partial charge on any atom is 0.182 e. The molecule has 1 atom stereocenters. The van der Waals surface area contributed by atoms with E-state index in [-0.39, 0.29) is 0 Å². The summed E-state index contributed by atoms with van der Waals surface area (Å²) < 4.78 is 5.28. The van der Waals surface area contributed by atoms with E-state index in [1.54, 1.807) is 13.4 Å². The highest BCUT2D eigenvalue weighted by Crippen LogP contribution is 2.24. The smallest absolute Gasteiger partial charge is 0.182 e. The average molecular weight is 208 g/mol. The Bertz CT molecular complexity index is 336. The van der Waals surface area contributed by atoms with Gasteiger partial charge in [0.2, 0.25) is 0 Å². The standard InChI is InChI=1S/C10H16N4O/c1-7-9(15-2)10(13-6-12-7)14-8-3-4-11-5-8/h6,8,11H,3-5H2,1-2H3,(H,12,13,14). The van der Waals surface area contributed by atoms with Crippen molar-refractivity contribution in [3.63, 3.8) is 0 Å². The van der Waals surface area contributed by atoms with Crippen LogP contribution >= 0.6 is 0 Å². The minimum atomic E-state index is 0.438. The second kappa shape index (κ2) is 4.44. The van der Waals surface area contributed by atoms with Gasteiger partial charge in [-0.1, -0.05) is 0 Å². The molecule has 0 bridgehead atoms. The Kier molecular flexibility index (Phi) is 3.01. The molecule has 0 saturated carbocycles. The fraction of sp³-hybridized carbons (Fsp3) is 0.600. The first-order valence-corrected chi connectivity index (χ1v) is 5.14. The van der Waals surface area contributed by atoms with Gasteiger partial charge < -0.3 is 15.4 Å². The van der Waals surface area contributed by atoms with Gasteiger partial charge in [-0.05, 0) is 19.9 Å². The third kappa shape index (κ3) is 2.18. The lowest BCUT2D eigenvalue weighted by atomic mass is 10.2. The molecule has 0 radical (unpaired) electrons. The number of nitrogens with zero attached hydrogens (tertiary/aromatic N) is 2. The van der Waals surface area contributed by atoms with Crippen LogP contribution in [-0.2, 0) is 0 Å². The van der Waals surface area contributed by atoms with Gasteiger partial charge in [-0.25, -0.2) is 9.97 Å². The number of hydrogen-bond donors (Lipinski definition) is 2. The summed E-state index contributed by atoms with van der Waals surface area (Å²) in [6, 6.07) is 0.438. The number of aromatic nitrogens is 2. The molecular formula is C10H16N4O. The minimum Gasteiger partial charge on any atom is -0.491 e. The SMILES string of the molecule is COc1c(C)ncnc1NC1CCNC1. The van der Waals surface area contributed by atoms with Crippen molar-refractivity contribution in [2.45, 2.75) is 19.4 Å². The zero-order valence-electron chi connectivity index (χ0n) is 9.08. The lowest BCUT2D eigenvalue weighted by Crippen LogP contribution is -2.23. The molecule has 1 saturated heterocycles. The molecule has 82 valence electrons. The third-order valence-corrected chi connectivity index (χ3v) is 2.59. The number of rotatable bonds is 3. The molecule has 1 aromatic heterocycles. The first kappa shape index (κ1) is 10.2. The highest BCUT2D eigenvalue weighted by molar-refractivity contribution is 5.52. The topological polar surface area (TPSA) is 59.1 Å². The van der Waals surface area contributed by atoms with Crippen LogP contribution in [0.3, 0.4) is 0 Å². The van der Waals surface area contributed by atoms with E-state index in [2.05, 4.69) is 20.6 Å². The molecule has 0 amide bonds. The molecule has 0 aromatic carbocycles. The van der Waals surface area contributed by atoms with Crippen molar-refractivity contribution in [3.05, 3.63) is 12.0 Å². The van der Waals surface area contributed by atoms with E-state index >= 15 is 0 Å². The van der Waals surface area contributed by atoms with Gasteiger partial charge in [0, 0.05) is 12.6 Å². The van der Waals surface area contributed by atoms with Crippen molar-refractivity contribution in [1.82, 2.24) is 15.3 Å². The van der Waals surface area contributed by atoms with Crippen molar-refractivity contribution in [2.75, 3.05) is 25.5 Å². The number of nitrogens with one attached hydrogen (secondary N) is 2. The van der Waals surface area contributed by atoms with Crippen LogP contribution in [0, 0.1) is 6.92 Å². The van der Waals surface area contributed by atoms with Crippen LogP contribution in [-0.4, -0.2) is 36.2 Å². The lowest BCUT2D eigenvalue weighted by Gasteiger charge is -2.15. The Balaban J connectivity index is 2.15. The Morgan fingerprint density at radius 3 is 3.07 bits per heavy atom. The van der Waals surface area contributed by atoms with Crippen LogP contribution in [0.25, 0.3) is 0 Å². The number of methoxy groups -OCH3 is 1. The predicted molar refractivity (Wildman–Crippen MR) is 58.2 cm³/mol. The molecule has 2 rings (SSSR count). The van der Waals surface area contributed by atoms with Crippen LogP contribution < -0.4 is 15.4 Å². The maximum absolute atomic E-state index is 5.28. The lowest BCUT2D eigenvalue weighted by molar-refractivity contribution is 0.408. The summed E-state index contributed by atoms with van der Waals surface area (Å²) in [6.45, 7) is 3.95. The Morgan fingerprint density at radius 2 is 2.40 bits per heavy atom. The summed E-state index contributed by atoms with van der Waals surface area (Å²) >= 11 is 0. The van der Waals surface area contributed by atoms with Crippen LogP contribution in [0.5, 0.6) is 5.75 Å². The van der Waals surface area contributed by atoms with E-state index in [1.807, 2.05) is 6.92 Å². The Morgan fingerprint density at radius 1 is 1.53 bits per heavy atom. The maximum atomic E-state index is 5.28. The number of anilines is 1. The van der Waals surface area contributed by atoms with Gasteiger partial charge in [-0.2, -0.15) is 0 Å². The first-order chi connectivity index (χ1) is 7.31. The van der Waals surface area contributed by atoms with Crippen LogP contribution in [0.4, 0.5) is 5.82 Å². The van der Waals surface area contributed by atoms with E-state index in [9.17, 15) is 0 Å². The highest BCUT2D eigenvalue weighted by Gasteiger charge is 2.17. The molecule has 1 aliphatic rings. The van der Waals surface area contributed by atoms with Crippen molar-refractivity contribution in [2.24, 2.45) is 0 Å². The molecule has 0 aliphatic carbocycles. The number of hydrogen-bond acceptors (Lipinski definition) is 5. The van der Waals surface area contributed by atoms with Crippen LogP contribution in [0.15, 0.2) is 6.33 Å². The number of aryl methyl sites for hydroxylation is 1. The fourth-order valence-corrected chi connectivity index (χ4v) is 1.78. The van der Waals surface area contributed by atoms with Crippen molar-refractivity contribution in [3.8, 4) is 5.75 Å². The largest absolute Gasteiger partial charge is 0.491 e. The Labute approximate surface area is 89.3 Å². The van der Waals surface area contributed by atoms with Gasteiger partial charge in [0.15, 0.2) is 11.6 Å². The molecule has 0 spiro atoms. The van der Waals surface area contributed by atoms with Gasteiger partial charge in [0.1, 0.15) is 6.33 Å². The molecule has 2 N–H and O–H groups in total. The summed E-state index contributed by atoms with van der Waals surface area (Å²) in [4.78, 5) is 8.29. The average Bonchev–Trinajstić information content (AvgIpc) is 2.71. The molecule has 15 heavy (non-hydrogen) atoms. The molecule has 1 aliphatic heterocycles. The summed E-state index contributed by atoms with van der Waals surface area (Å²) in [7, 11) is 1.64. The highest BCUT2D eigenvalue weighted by atomic mass is 16.5. The summed E-state index contributed by atoms with van der Waals surface area (Å²) in [5, 5.41) is 6.66. The zero-order chi connectivity index (χ0) is 10.7. The Hall–Kier alpha value is -1.36. The summed E-state index contributed by atoms with van der Waals surface area (Å²) in [5.74, 6) is 1.53. The molecule has 1 fully saturated rings. The van der Waals surface area contributed by atoms with E-state index in [0.29, 0.717) is 6.04 Å². The number of ether oxygens (including phenoxy) is 1. The van der Waals surface area contributed by atoms with Gasteiger partial charge in [-0.3, -0.25) is 0 Å². The van der Waals surface area contributed by atoms with Gasteiger partial charge >= 0.3 is 0 Å². The van der Waals surface area contributed by atoms with E-state index in [4.69, 9.17) is 4.74 Å². The summed E-state index contributed by atoms with van der Waals surface area (Å²) in [6.07, 6.45) is 2.68. The van der Waals surface area contributed by atoms with Crippen molar-refractivity contribution in [1.29, 1.82) is 0 Å². The van der Waals surface area contributed by atoms with Crippen LogP contribution in [0.2, 0.25) is 0 Å². The molecule has 2 heterocycles. The van der Waals surface area contributed by atoms with Crippen LogP contribution in [0.1, 0.15) is 12.1 Å². The van der Waals surface area contributed by atoms with Crippen molar-refractivity contribution < 1.29 is 4.74 Å². The normalized spacial score (nSPS) is 20.3.